The first-order valence-electron chi connectivity index (χ1n) is 11.2. The predicted octanol–water partition coefficient (Wildman–Crippen LogP) is 5.09. The Hall–Kier alpha value is -3.41. The molecule has 6 nitrogen and oxygen atoms in total. The molecule has 1 aliphatic heterocycles. The van der Waals surface area contributed by atoms with Crippen LogP contribution in [0.2, 0.25) is 0 Å². The van der Waals surface area contributed by atoms with Gasteiger partial charge in [0.25, 0.3) is 11.8 Å². The van der Waals surface area contributed by atoms with E-state index in [1.165, 1.54) is 38.2 Å². The standard InChI is InChI=1S/C26H30N2O4/c1-2-3-4-5-6-10-17-32-22-15-13-20(14-16-22)18-23-24(29)27-26(31)28(25(23)30)19-21-11-8-7-9-12-21/h7-9,11-16,18H,2-6,10,17,19H2,1H3,(H,27,29,31)/b23-18-. The summed E-state index contributed by atoms with van der Waals surface area (Å²) in [5.41, 5.74) is 1.42. The Balaban J connectivity index is 1.59. The lowest BCUT2D eigenvalue weighted by Crippen LogP contribution is -2.53. The molecule has 0 atom stereocenters. The van der Waals surface area contributed by atoms with Gasteiger partial charge in [-0.1, -0.05) is 81.5 Å². The number of nitrogens with one attached hydrogen (secondary N) is 1. The van der Waals surface area contributed by atoms with E-state index in [1.807, 2.05) is 42.5 Å². The lowest BCUT2D eigenvalue weighted by Gasteiger charge is -2.26. The van der Waals surface area contributed by atoms with Crippen LogP contribution in [0.3, 0.4) is 0 Å². The van der Waals surface area contributed by atoms with Crippen molar-refractivity contribution in [1.82, 2.24) is 10.2 Å². The summed E-state index contributed by atoms with van der Waals surface area (Å²) in [4.78, 5) is 38.4. The van der Waals surface area contributed by atoms with Gasteiger partial charge in [0.05, 0.1) is 13.2 Å². The zero-order valence-corrected chi connectivity index (χ0v) is 18.5. The summed E-state index contributed by atoms with van der Waals surface area (Å²) in [7, 11) is 0. The molecule has 0 radical (unpaired) electrons. The van der Waals surface area contributed by atoms with Crippen LogP contribution in [0.5, 0.6) is 5.75 Å². The Kier molecular flexibility index (Phi) is 8.61. The average molecular weight is 435 g/mol. The van der Waals surface area contributed by atoms with Gasteiger partial charge < -0.3 is 4.74 Å². The van der Waals surface area contributed by atoms with Crippen molar-refractivity contribution in [2.45, 2.75) is 52.0 Å². The van der Waals surface area contributed by atoms with Crippen molar-refractivity contribution in [1.29, 1.82) is 0 Å². The van der Waals surface area contributed by atoms with E-state index in [4.69, 9.17) is 4.74 Å². The third-order valence-corrected chi connectivity index (χ3v) is 5.33. The number of amides is 4. The van der Waals surface area contributed by atoms with Gasteiger partial charge in [-0.05, 0) is 35.8 Å². The molecule has 0 aliphatic carbocycles. The Morgan fingerprint density at radius 1 is 0.875 bits per heavy atom. The fraction of sp³-hybridized carbons (Fsp3) is 0.346. The second-order valence-corrected chi connectivity index (χ2v) is 7.88. The number of barbiturate groups is 1. The fourth-order valence-corrected chi connectivity index (χ4v) is 3.50. The lowest BCUT2D eigenvalue weighted by molar-refractivity contribution is -0.130. The summed E-state index contributed by atoms with van der Waals surface area (Å²) in [6, 6.07) is 15.7. The number of ether oxygens (including phenoxy) is 1. The number of benzene rings is 2. The summed E-state index contributed by atoms with van der Waals surface area (Å²) in [5, 5.41) is 2.25. The first-order valence-corrected chi connectivity index (χ1v) is 11.2. The molecule has 6 heteroatoms. The molecule has 168 valence electrons. The molecule has 1 saturated heterocycles. The fourth-order valence-electron chi connectivity index (χ4n) is 3.50. The molecule has 2 aromatic carbocycles. The highest BCUT2D eigenvalue weighted by Crippen LogP contribution is 2.19. The quantitative estimate of drug-likeness (QED) is 0.304. The molecule has 0 bridgehead atoms. The molecule has 3 rings (SSSR count). The van der Waals surface area contributed by atoms with Crippen molar-refractivity contribution < 1.29 is 19.1 Å². The third kappa shape index (κ3) is 6.54. The van der Waals surface area contributed by atoms with Gasteiger partial charge in [-0.15, -0.1) is 0 Å². The molecule has 0 spiro atoms. The maximum Gasteiger partial charge on any atom is 0.331 e. The molecule has 0 unspecified atom stereocenters. The Morgan fingerprint density at radius 3 is 2.28 bits per heavy atom. The van der Waals surface area contributed by atoms with Gasteiger partial charge in [0.1, 0.15) is 11.3 Å². The minimum atomic E-state index is -0.709. The molecule has 32 heavy (non-hydrogen) atoms. The van der Waals surface area contributed by atoms with Crippen LogP contribution in [-0.4, -0.2) is 29.4 Å². The molecule has 2 aromatic rings. The largest absolute Gasteiger partial charge is 0.494 e. The van der Waals surface area contributed by atoms with Crippen LogP contribution < -0.4 is 10.1 Å². The molecule has 0 aromatic heterocycles. The molecule has 1 N–H and O–H groups in total. The van der Waals surface area contributed by atoms with E-state index in [1.54, 1.807) is 12.1 Å². The minimum Gasteiger partial charge on any atom is -0.494 e. The van der Waals surface area contributed by atoms with Crippen molar-refractivity contribution in [3.05, 3.63) is 71.3 Å². The molecule has 1 aliphatic rings. The zero-order valence-electron chi connectivity index (χ0n) is 18.5. The molecule has 1 heterocycles. The maximum absolute atomic E-state index is 12.8. The van der Waals surface area contributed by atoms with Crippen molar-refractivity contribution in [2.24, 2.45) is 0 Å². The average Bonchev–Trinajstić information content (AvgIpc) is 2.80. The summed E-state index contributed by atoms with van der Waals surface area (Å²) in [6.45, 7) is 2.98. The van der Waals surface area contributed by atoms with E-state index in [0.717, 1.165) is 22.6 Å². The van der Waals surface area contributed by atoms with Crippen LogP contribution in [0.25, 0.3) is 6.08 Å². The predicted molar refractivity (Wildman–Crippen MR) is 124 cm³/mol. The van der Waals surface area contributed by atoms with Crippen molar-refractivity contribution >= 4 is 23.9 Å². The maximum atomic E-state index is 12.8. The first kappa shape index (κ1) is 23.3. The molecular formula is C26H30N2O4. The summed E-state index contributed by atoms with van der Waals surface area (Å²) >= 11 is 0. The van der Waals surface area contributed by atoms with Crippen molar-refractivity contribution in [3.8, 4) is 5.75 Å². The third-order valence-electron chi connectivity index (χ3n) is 5.33. The number of rotatable bonds is 11. The normalized spacial score (nSPS) is 15.2. The number of unbranched alkanes of at least 4 members (excludes halogenated alkanes) is 5. The second-order valence-electron chi connectivity index (χ2n) is 7.88. The van der Waals surface area contributed by atoms with E-state index in [0.29, 0.717) is 12.2 Å². The highest BCUT2D eigenvalue weighted by atomic mass is 16.5. The SMILES string of the molecule is CCCCCCCCOc1ccc(/C=C2/C(=O)NC(=O)N(Cc3ccccc3)C2=O)cc1. The molecule has 1 fully saturated rings. The van der Waals surface area contributed by atoms with Gasteiger partial charge in [0, 0.05) is 0 Å². The Labute approximate surface area is 189 Å². The van der Waals surface area contributed by atoms with E-state index >= 15 is 0 Å². The van der Waals surface area contributed by atoms with Crippen molar-refractivity contribution in [3.63, 3.8) is 0 Å². The number of imide groups is 2. The van der Waals surface area contributed by atoms with Gasteiger partial charge in [-0.3, -0.25) is 19.8 Å². The van der Waals surface area contributed by atoms with Crippen LogP contribution in [0.15, 0.2) is 60.2 Å². The number of urea groups is 1. The number of carbonyl (C=O) groups excluding carboxylic acids is 3. The minimum absolute atomic E-state index is 0.0683. The van der Waals surface area contributed by atoms with Crippen LogP contribution in [-0.2, 0) is 16.1 Å². The van der Waals surface area contributed by atoms with Gasteiger partial charge in [0.2, 0.25) is 0 Å². The zero-order chi connectivity index (χ0) is 22.8. The second kappa shape index (κ2) is 11.8. The van der Waals surface area contributed by atoms with E-state index in [-0.39, 0.29) is 12.1 Å². The topological polar surface area (TPSA) is 75.7 Å². The summed E-state index contributed by atoms with van der Waals surface area (Å²) < 4.78 is 5.78. The lowest BCUT2D eigenvalue weighted by atomic mass is 10.1. The Morgan fingerprint density at radius 2 is 1.56 bits per heavy atom. The van der Waals surface area contributed by atoms with E-state index in [2.05, 4.69) is 12.2 Å². The van der Waals surface area contributed by atoms with E-state index < -0.39 is 17.8 Å². The van der Waals surface area contributed by atoms with Crippen LogP contribution in [0.4, 0.5) is 4.79 Å². The van der Waals surface area contributed by atoms with Gasteiger partial charge in [0.15, 0.2) is 0 Å². The Bertz CT molecular complexity index is 952. The van der Waals surface area contributed by atoms with Gasteiger partial charge >= 0.3 is 6.03 Å². The highest BCUT2D eigenvalue weighted by molar-refractivity contribution is 6.30. The van der Waals surface area contributed by atoms with Gasteiger partial charge in [-0.25, -0.2) is 4.79 Å². The number of hydrogen-bond acceptors (Lipinski definition) is 4. The summed E-state index contributed by atoms with van der Waals surface area (Å²) in [6.07, 6.45) is 8.74. The number of nitrogens with zero attached hydrogens (tertiary/aromatic N) is 1. The van der Waals surface area contributed by atoms with Crippen molar-refractivity contribution in [2.75, 3.05) is 6.61 Å². The summed E-state index contributed by atoms with van der Waals surface area (Å²) in [5.74, 6) is -0.542. The molecular weight excluding hydrogens is 404 g/mol. The molecule has 4 amide bonds. The molecule has 0 saturated carbocycles. The van der Waals surface area contributed by atoms with E-state index in [9.17, 15) is 14.4 Å². The smallest absolute Gasteiger partial charge is 0.331 e. The highest BCUT2D eigenvalue weighted by Gasteiger charge is 2.35. The monoisotopic (exact) mass is 434 g/mol. The number of hydrogen-bond donors (Lipinski definition) is 1. The first-order chi connectivity index (χ1) is 15.6. The van der Waals surface area contributed by atoms with Crippen LogP contribution in [0, 0.1) is 0 Å². The van der Waals surface area contributed by atoms with Crippen LogP contribution in [0.1, 0.15) is 56.6 Å². The van der Waals surface area contributed by atoms with Crippen LogP contribution >= 0.6 is 0 Å². The van der Waals surface area contributed by atoms with Gasteiger partial charge in [-0.2, -0.15) is 0 Å². The number of carbonyl (C=O) groups is 3.